The molecule has 0 radical (unpaired) electrons. The maximum Gasteiger partial charge on any atom is 0.284 e. The molecule has 1 heterocycles. The maximum absolute atomic E-state index is 12.0. The largest absolute Gasteiger partial charge is 0.383 e. The molecule has 17 heavy (non-hydrogen) atoms. The van der Waals surface area contributed by atoms with Crippen molar-refractivity contribution in [2.45, 2.75) is 19.9 Å². The van der Waals surface area contributed by atoms with E-state index in [9.17, 15) is 4.79 Å². The number of carbonyl (C=O) groups excluding carboxylic acids is 1. The first-order valence-corrected chi connectivity index (χ1v) is 6.25. The zero-order chi connectivity index (χ0) is 12.8. The van der Waals surface area contributed by atoms with Crippen molar-refractivity contribution < 1.29 is 9.53 Å². The smallest absolute Gasteiger partial charge is 0.284 e. The topological polar surface area (TPSA) is 67.4 Å². The molecule has 6 nitrogen and oxygen atoms in total. The molecule has 1 unspecified atom stereocenters. The van der Waals surface area contributed by atoms with Gasteiger partial charge in [-0.2, -0.15) is 0 Å². The monoisotopic (exact) mass is 258 g/mol. The molecule has 1 aromatic rings. The number of hydrogen-bond acceptors (Lipinski definition) is 6. The Bertz CT molecular complexity index is 369. The number of carbonyl (C=O) groups is 1. The van der Waals surface area contributed by atoms with Gasteiger partial charge >= 0.3 is 0 Å². The summed E-state index contributed by atoms with van der Waals surface area (Å²) < 4.78 is 5.02. The Kier molecular flexibility index (Phi) is 5.30. The Morgan fingerprint density at radius 1 is 1.59 bits per heavy atom. The van der Waals surface area contributed by atoms with Gasteiger partial charge in [-0.1, -0.05) is 11.3 Å². The van der Waals surface area contributed by atoms with E-state index in [0.29, 0.717) is 16.7 Å². The molecular formula is C10H18N4O2S. The summed E-state index contributed by atoms with van der Waals surface area (Å²) in [5, 5.41) is 11.9. The zero-order valence-corrected chi connectivity index (χ0v) is 11.4. The van der Waals surface area contributed by atoms with Crippen LogP contribution in [0.15, 0.2) is 0 Å². The number of anilines is 1. The third-order valence-electron chi connectivity index (χ3n) is 2.33. The Hall–Kier alpha value is -1.21. The van der Waals surface area contributed by atoms with Gasteiger partial charge in [-0.3, -0.25) is 4.79 Å². The van der Waals surface area contributed by atoms with Crippen molar-refractivity contribution in [2.75, 3.05) is 32.6 Å². The van der Waals surface area contributed by atoms with Crippen molar-refractivity contribution >= 4 is 22.4 Å². The fraction of sp³-hybridized carbons (Fsp3) is 0.700. The average molecular weight is 258 g/mol. The fourth-order valence-corrected chi connectivity index (χ4v) is 2.03. The lowest BCUT2D eigenvalue weighted by atomic mass is 10.3. The van der Waals surface area contributed by atoms with E-state index in [-0.39, 0.29) is 11.9 Å². The lowest BCUT2D eigenvalue weighted by Gasteiger charge is -2.22. The summed E-state index contributed by atoms with van der Waals surface area (Å²) in [6.07, 6.45) is 0. The number of aromatic nitrogens is 2. The van der Waals surface area contributed by atoms with Gasteiger partial charge < -0.3 is 15.0 Å². The predicted octanol–water partition coefficient (Wildman–Crippen LogP) is 1.08. The van der Waals surface area contributed by atoms with Gasteiger partial charge in [-0.05, 0) is 13.8 Å². The summed E-state index contributed by atoms with van der Waals surface area (Å²) in [5.41, 5.74) is 0. The second kappa shape index (κ2) is 6.51. The second-order valence-corrected chi connectivity index (χ2v) is 4.64. The van der Waals surface area contributed by atoms with Crippen LogP contribution < -0.4 is 5.32 Å². The summed E-state index contributed by atoms with van der Waals surface area (Å²) >= 11 is 1.26. The van der Waals surface area contributed by atoms with Gasteiger partial charge in [0.15, 0.2) is 0 Å². The van der Waals surface area contributed by atoms with Crippen LogP contribution in [0.5, 0.6) is 0 Å². The molecule has 1 atom stereocenters. The van der Waals surface area contributed by atoms with Gasteiger partial charge in [0.25, 0.3) is 5.91 Å². The van der Waals surface area contributed by atoms with Gasteiger partial charge in [0.1, 0.15) is 0 Å². The summed E-state index contributed by atoms with van der Waals surface area (Å²) in [6, 6.07) is 0.0129. The third kappa shape index (κ3) is 3.64. The van der Waals surface area contributed by atoms with Gasteiger partial charge in [-0.15, -0.1) is 10.2 Å². The van der Waals surface area contributed by atoms with E-state index in [0.717, 1.165) is 6.54 Å². The molecular weight excluding hydrogens is 240 g/mol. The van der Waals surface area contributed by atoms with Crippen molar-refractivity contribution in [2.24, 2.45) is 0 Å². The molecule has 1 amide bonds. The fourth-order valence-electron chi connectivity index (χ4n) is 1.24. The van der Waals surface area contributed by atoms with E-state index in [4.69, 9.17) is 4.74 Å². The van der Waals surface area contributed by atoms with Crippen LogP contribution in [-0.4, -0.2) is 54.4 Å². The molecule has 1 rings (SSSR count). The highest BCUT2D eigenvalue weighted by atomic mass is 32.1. The summed E-state index contributed by atoms with van der Waals surface area (Å²) in [4.78, 5) is 13.6. The summed E-state index contributed by atoms with van der Waals surface area (Å²) in [7, 11) is 3.35. The molecule has 0 fully saturated rings. The number of amides is 1. The molecule has 0 aliphatic heterocycles. The Morgan fingerprint density at radius 2 is 2.29 bits per heavy atom. The molecule has 1 aromatic heterocycles. The highest BCUT2D eigenvalue weighted by molar-refractivity contribution is 7.17. The predicted molar refractivity (Wildman–Crippen MR) is 67.5 cm³/mol. The van der Waals surface area contributed by atoms with Crippen LogP contribution in [0.25, 0.3) is 0 Å². The number of hydrogen-bond donors (Lipinski definition) is 1. The first-order valence-electron chi connectivity index (χ1n) is 5.43. The molecule has 0 saturated carbocycles. The molecule has 0 aromatic carbocycles. The third-order valence-corrected chi connectivity index (χ3v) is 3.19. The van der Waals surface area contributed by atoms with Gasteiger partial charge in [0.05, 0.1) is 12.6 Å². The van der Waals surface area contributed by atoms with Gasteiger partial charge in [0.2, 0.25) is 10.1 Å². The van der Waals surface area contributed by atoms with E-state index in [1.165, 1.54) is 11.3 Å². The minimum Gasteiger partial charge on any atom is -0.383 e. The van der Waals surface area contributed by atoms with Crippen molar-refractivity contribution in [3.8, 4) is 0 Å². The van der Waals surface area contributed by atoms with E-state index in [1.807, 2.05) is 13.8 Å². The van der Waals surface area contributed by atoms with Crippen LogP contribution in [0, 0.1) is 0 Å². The van der Waals surface area contributed by atoms with Gasteiger partial charge in [-0.25, -0.2) is 0 Å². The summed E-state index contributed by atoms with van der Waals surface area (Å²) in [6.45, 7) is 5.16. The van der Waals surface area contributed by atoms with Crippen LogP contribution in [0.3, 0.4) is 0 Å². The highest BCUT2D eigenvalue weighted by Crippen LogP contribution is 2.17. The average Bonchev–Trinajstić information content (AvgIpc) is 2.76. The Balaban J connectivity index is 2.67. The number of nitrogens with one attached hydrogen (secondary N) is 1. The molecule has 0 aliphatic carbocycles. The van der Waals surface area contributed by atoms with E-state index in [2.05, 4.69) is 15.5 Å². The van der Waals surface area contributed by atoms with Crippen LogP contribution >= 0.6 is 11.3 Å². The lowest BCUT2D eigenvalue weighted by Crippen LogP contribution is -2.37. The quantitative estimate of drug-likeness (QED) is 0.827. The minimum absolute atomic E-state index is 0.0129. The van der Waals surface area contributed by atoms with E-state index >= 15 is 0 Å². The van der Waals surface area contributed by atoms with Crippen molar-refractivity contribution in [1.29, 1.82) is 0 Å². The molecule has 0 bridgehead atoms. The molecule has 96 valence electrons. The Labute approximate surface area is 105 Å². The van der Waals surface area contributed by atoms with E-state index in [1.54, 1.807) is 19.1 Å². The molecule has 0 aliphatic rings. The first-order chi connectivity index (χ1) is 8.10. The van der Waals surface area contributed by atoms with Crippen LogP contribution in [0.1, 0.15) is 23.6 Å². The summed E-state index contributed by atoms with van der Waals surface area (Å²) in [5.74, 6) is -0.129. The molecule has 0 saturated heterocycles. The Morgan fingerprint density at radius 3 is 2.88 bits per heavy atom. The number of rotatable bonds is 6. The molecule has 0 spiro atoms. The van der Waals surface area contributed by atoms with Gasteiger partial charge in [0, 0.05) is 20.7 Å². The standard InChI is InChI=1S/C10H18N4O2S/c1-5-11-10-13-12-8(17-10)9(15)14(3)7(2)6-16-4/h7H,5-6H2,1-4H3,(H,11,13). The number of likely N-dealkylation sites (N-methyl/N-ethyl adjacent to an activating group) is 1. The lowest BCUT2D eigenvalue weighted by molar-refractivity contribution is 0.0632. The molecule has 1 N–H and O–H groups in total. The number of methoxy groups -OCH3 is 1. The normalized spacial score (nSPS) is 12.2. The van der Waals surface area contributed by atoms with Crippen LogP contribution in [-0.2, 0) is 4.74 Å². The second-order valence-electron chi connectivity index (χ2n) is 3.66. The van der Waals surface area contributed by atoms with E-state index < -0.39 is 0 Å². The van der Waals surface area contributed by atoms with Crippen molar-refractivity contribution in [3.63, 3.8) is 0 Å². The number of nitrogens with zero attached hydrogens (tertiary/aromatic N) is 3. The minimum atomic E-state index is -0.129. The number of ether oxygens (including phenoxy) is 1. The first kappa shape index (κ1) is 13.9. The van der Waals surface area contributed by atoms with Crippen LogP contribution in [0.2, 0.25) is 0 Å². The highest BCUT2D eigenvalue weighted by Gasteiger charge is 2.21. The van der Waals surface area contributed by atoms with Crippen LogP contribution in [0.4, 0.5) is 5.13 Å². The SMILES string of the molecule is CCNc1nnc(C(=O)N(C)C(C)COC)s1. The zero-order valence-electron chi connectivity index (χ0n) is 10.6. The maximum atomic E-state index is 12.0. The van der Waals surface area contributed by atoms with Crippen molar-refractivity contribution in [1.82, 2.24) is 15.1 Å². The van der Waals surface area contributed by atoms with Crippen molar-refractivity contribution in [3.05, 3.63) is 5.01 Å². The molecule has 7 heteroatoms.